The fourth-order valence-corrected chi connectivity index (χ4v) is 7.51. The predicted octanol–water partition coefficient (Wildman–Crippen LogP) is 3.94. The van der Waals surface area contributed by atoms with Crippen LogP contribution in [0.2, 0.25) is 10.0 Å². The first-order valence-electron chi connectivity index (χ1n) is 12.3. The lowest BCUT2D eigenvalue weighted by molar-refractivity contribution is -0.124. The summed E-state index contributed by atoms with van der Waals surface area (Å²) in [6.45, 7) is -0.0982. The summed E-state index contributed by atoms with van der Waals surface area (Å²) in [6, 6.07) is 8.74. The Morgan fingerprint density at radius 2 is 1.89 bits per heavy atom. The Labute approximate surface area is 225 Å². The standard InChI is InChI=1S/C26H28Cl2FN3O4S/c1-37(35,36)13-12-30-23(33)22-20(16-6-5-7-18(28)21(16)29)26(25(32-22)10-3-2-4-11-25)17-9-8-15(27)14-19(17)31-24(26)34/h5-9,14,20,22,32H,2-4,10-13H2,1H3,(H,30,33)(H,31,34)/t20-,22+,26+/m0/s1. The second-order valence-electron chi connectivity index (χ2n) is 10.3. The Bertz CT molecular complexity index is 1380. The minimum Gasteiger partial charge on any atom is -0.354 e. The van der Waals surface area contributed by atoms with Crippen molar-refractivity contribution in [1.82, 2.24) is 10.6 Å². The normalized spacial score (nSPS) is 26.3. The fraction of sp³-hybridized carbons (Fsp3) is 0.462. The van der Waals surface area contributed by atoms with E-state index >= 15 is 4.39 Å². The third-order valence-corrected chi connectivity index (χ3v) is 9.55. The molecule has 37 heavy (non-hydrogen) atoms. The van der Waals surface area contributed by atoms with Gasteiger partial charge in [-0.2, -0.15) is 0 Å². The molecule has 0 unspecified atom stereocenters. The van der Waals surface area contributed by atoms with Gasteiger partial charge in [0, 0.05) is 35.0 Å². The first kappa shape index (κ1) is 26.4. The van der Waals surface area contributed by atoms with Crippen LogP contribution in [0.4, 0.5) is 10.1 Å². The van der Waals surface area contributed by atoms with Crippen molar-refractivity contribution in [2.24, 2.45) is 0 Å². The SMILES string of the molecule is CS(=O)(=O)CCNC(=O)[C@@H]1NC2(CCCCC2)[C@@]2(C(=O)Nc3cc(Cl)ccc32)[C@H]1c1cccc(Cl)c1F. The van der Waals surface area contributed by atoms with Crippen LogP contribution in [-0.4, -0.2) is 50.4 Å². The molecule has 1 aliphatic carbocycles. The first-order chi connectivity index (χ1) is 17.5. The summed E-state index contributed by atoms with van der Waals surface area (Å²) in [4.78, 5) is 27.8. The minimum absolute atomic E-state index is 0.0982. The first-order valence-corrected chi connectivity index (χ1v) is 15.1. The van der Waals surface area contributed by atoms with Gasteiger partial charge in [0.25, 0.3) is 0 Å². The number of anilines is 1. The number of halogens is 3. The summed E-state index contributed by atoms with van der Waals surface area (Å²) >= 11 is 12.5. The van der Waals surface area contributed by atoms with Crippen LogP contribution in [-0.2, 0) is 24.8 Å². The summed E-state index contributed by atoms with van der Waals surface area (Å²) in [6.07, 6.45) is 4.95. The van der Waals surface area contributed by atoms with Crippen molar-refractivity contribution in [2.75, 3.05) is 23.9 Å². The molecule has 2 heterocycles. The van der Waals surface area contributed by atoms with Crippen molar-refractivity contribution in [3.8, 4) is 0 Å². The van der Waals surface area contributed by atoms with E-state index in [4.69, 9.17) is 23.2 Å². The minimum atomic E-state index is -3.31. The molecule has 2 aromatic carbocycles. The molecule has 3 aliphatic rings. The van der Waals surface area contributed by atoms with E-state index in [0.717, 1.165) is 25.5 Å². The van der Waals surface area contributed by atoms with Gasteiger partial charge in [-0.05, 0) is 42.2 Å². The number of hydrogen-bond donors (Lipinski definition) is 3. The van der Waals surface area contributed by atoms with Crippen LogP contribution in [0.5, 0.6) is 0 Å². The van der Waals surface area contributed by atoms with Gasteiger partial charge in [0.2, 0.25) is 11.8 Å². The van der Waals surface area contributed by atoms with Crippen molar-refractivity contribution < 1.29 is 22.4 Å². The van der Waals surface area contributed by atoms with Crippen LogP contribution in [0, 0.1) is 5.82 Å². The third-order valence-electron chi connectivity index (χ3n) is 8.08. The van der Waals surface area contributed by atoms with Crippen molar-refractivity contribution in [1.29, 1.82) is 0 Å². The van der Waals surface area contributed by atoms with Gasteiger partial charge in [0.1, 0.15) is 21.1 Å². The number of sulfone groups is 1. The van der Waals surface area contributed by atoms with Crippen LogP contribution >= 0.6 is 23.2 Å². The summed E-state index contributed by atoms with van der Waals surface area (Å²) in [7, 11) is -3.31. The fourth-order valence-electron chi connectivity index (χ4n) is 6.69. The highest BCUT2D eigenvalue weighted by Crippen LogP contribution is 2.62. The quantitative estimate of drug-likeness (QED) is 0.507. The Kier molecular flexibility index (Phi) is 6.80. The highest BCUT2D eigenvalue weighted by molar-refractivity contribution is 7.90. The second-order valence-corrected chi connectivity index (χ2v) is 13.4. The molecule has 11 heteroatoms. The highest BCUT2D eigenvalue weighted by Gasteiger charge is 2.72. The second kappa shape index (κ2) is 9.52. The molecule has 3 N–H and O–H groups in total. The van der Waals surface area contributed by atoms with E-state index in [1.807, 2.05) is 0 Å². The van der Waals surface area contributed by atoms with E-state index in [-0.39, 0.29) is 28.8 Å². The molecule has 2 aromatic rings. The van der Waals surface area contributed by atoms with Crippen molar-refractivity contribution in [3.63, 3.8) is 0 Å². The lowest BCUT2D eigenvalue weighted by atomic mass is 9.55. The summed E-state index contributed by atoms with van der Waals surface area (Å²) < 4.78 is 39.1. The van der Waals surface area contributed by atoms with E-state index < -0.39 is 44.5 Å². The highest BCUT2D eigenvalue weighted by atomic mass is 35.5. The van der Waals surface area contributed by atoms with E-state index in [1.54, 1.807) is 30.3 Å². The number of amides is 2. The van der Waals surface area contributed by atoms with Gasteiger partial charge in [-0.15, -0.1) is 0 Å². The largest absolute Gasteiger partial charge is 0.354 e. The number of benzene rings is 2. The van der Waals surface area contributed by atoms with E-state index in [9.17, 15) is 18.0 Å². The molecular weight excluding hydrogens is 540 g/mol. The summed E-state index contributed by atoms with van der Waals surface area (Å²) in [5, 5.41) is 9.51. The smallest absolute Gasteiger partial charge is 0.237 e. The van der Waals surface area contributed by atoms with Crippen molar-refractivity contribution >= 4 is 50.5 Å². The zero-order valence-corrected chi connectivity index (χ0v) is 22.6. The van der Waals surface area contributed by atoms with E-state index in [0.29, 0.717) is 29.1 Å². The molecule has 198 valence electrons. The van der Waals surface area contributed by atoms with Gasteiger partial charge in [0.05, 0.1) is 16.8 Å². The Morgan fingerprint density at radius 3 is 2.59 bits per heavy atom. The molecule has 1 saturated heterocycles. The molecule has 0 radical (unpaired) electrons. The zero-order valence-electron chi connectivity index (χ0n) is 20.2. The monoisotopic (exact) mass is 567 g/mol. The molecule has 0 bridgehead atoms. The molecule has 2 fully saturated rings. The Balaban J connectivity index is 1.72. The molecule has 3 atom stereocenters. The maximum atomic E-state index is 15.7. The number of nitrogens with one attached hydrogen (secondary N) is 3. The van der Waals surface area contributed by atoms with E-state index in [1.165, 1.54) is 6.07 Å². The number of fused-ring (bicyclic) bond motifs is 3. The van der Waals surface area contributed by atoms with Gasteiger partial charge < -0.3 is 10.6 Å². The molecule has 5 rings (SSSR count). The molecule has 7 nitrogen and oxygen atoms in total. The van der Waals surface area contributed by atoms with Gasteiger partial charge in [-0.3, -0.25) is 14.9 Å². The van der Waals surface area contributed by atoms with Crippen LogP contribution in [0.1, 0.15) is 49.1 Å². The Hall–Kier alpha value is -2.20. The third kappa shape index (κ3) is 4.24. The van der Waals surface area contributed by atoms with Gasteiger partial charge in [-0.1, -0.05) is 60.7 Å². The topological polar surface area (TPSA) is 104 Å². The van der Waals surface area contributed by atoms with Crippen LogP contribution < -0.4 is 16.0 Å². The van der Waals surface area contributed by atoms with Gasteiger partial charge in [0.15, 0.2) is 0 Å². The maximum Gasteiger partial charge on any atom is 0.237 e. The lowest BCUT2D eigenvalue weighted by Gasteiger charge is -2.47. The number of carbonyl (C=O) groups excluding carboxylic acids is 2. The molecule has 1 saturated carbocycles. The average molecular weight is 568 g/mol. The molecule has 0 aromatic heterocycles. The Morgan fingerprint density at radius 1 is 1.16 bits per heavy atom. The predicted molar refractivity (Wildman–Crippen MR) is 141 cm³/mol. The van der Waals surface area contributed by atoms with Crippen LogP contribution in [0.25, 0.3) is 0 Å². The van der Waals surface area contributed by atoms with Gasteiger partial charge in [-0.25, -0.2) is 12.8 Å². The zero-order chi connectivity index (χ0) is 26.6. The van der Waals surface area contributed by atoms with Crippen LogP contribution in [0.3, 0.4) is 0 Å². The number of hydrogen-bond acceptors (Lipinski definition) is 5. The van der Waals surface area contributed by atoms with Crippen LogP contribution in [0.15, 0.2) is 36.4 Å². The van der Waals surface area contributed by atoms with E-state index in [2.05, 4.69) is 16.0 Å². The number of carbonyl (C=O) groups is 2. The van der Waals surface area contributed by atoms with Crippen molar-refractivity contribution in [3.05, 3.63) is 63.4 Å². The molecule has 2 aliphatic heterocycles. The molecule has 2 spiro atoms. The van der Waals surface area contributed by atoms with Gasteiger partial charge >= 0.3 is 0 Å². The molecule has 2 amide bonds. The lowest BCUT2D eigenvalue weighted by Crippen LogP contribution is -2.60. The molecular formula is C26H28Cl2FN3O4S. The average Bonchev–Trinajstić information content (AvgIpc) is 3.28. The summed E-state index contributed by atoms with van der Waals surface area (Å²) in [5.74, 6) is -2.70. The maximum absolute atomic E-state index is 15.7. The number of rotatable bonds is 5. The van der Waals surface area contributed by atoms with Crippen molar-refractivity contribution in [2.45, 2.75) is 55.0 Å². The summed E-state index contributed by atoms with van der Waals surface area (Å²) in [5.41, 5.74) is -0.810.